The molecule has 1 unspecified atom stereocenters. The van der Waals surface area contributed by atoms with Gasteiger partial charge in [-0.25, -0.2) is 0 Å². The molecule has 1 N–H and O–H groups in total. The molecule has 0 heterocycles. The van der Waals surface area contributed by atoms with Gasteiger partial charge in [0.05, 0.1) is 6.10 Å². The molecule has 1 nitrogen and oxygen atoms in total. The fourth-order valence-electron chi connectivity index (χ4n) is 2.37. The Morgan fingerprint density at radius 1 is 1.33 bits per heavy atom. The number of hydrogen-bond donors (Lipinski definition) is 1. The topological polar surface area (TPSA) is 20.2 Å². The highest BCUT2D eigenvalue weighted by Crippen LogP contribution is 2.45. The Hall–Kier alpha value is -0.820. The van der Waals surface area contributed by atoms with E-state index in [0.29, 0.717) is 5.92 Å². The lowest BCUT2D eigenvalue weighted by Gasteiger charge is -2.06. The van der Waals surface area contributed by atoms with Crippen molar-refractivity contribution in [2.75, 3.05) is 0 Å². The molecular weight excluding hydrogens is 184 g/mol. The number of aryl methyl sites for hydroxylation is 1. The van der Waals surface area contributed by atoms with Crippen LogP contribution >= 0.6 is 0 Å². The summed E-state index contributed by atoms with van der Waals surface area (Å²) in [5.41, 5.74) is 1.43. The molecule has 1 aliphatic carbocycles. The first-order valence-corrected chi connectivity index (χ1v) is 6.03. The number of rotatable bonds is 5. The minimum atomic E-state index is -0.0502. The summed E-state index contributed by atoms with van der Waals surface area (Å²) in [6.07, 6.45) is 4.50. The lowest BCUT2D eigenvalue weighted by molar-refractivity contribution is 0.140. The Balaban J connectivity index is 1.73. The zero-order valence-corrected chi connectivity index (χ0v) is 9.39. The molecule has 1 heteroatoms. The van der Waals surface area contributed by atoms with E-state index in [-0.39, 0.29) is 6.10 Å². The van der Waals surface area contributed by atoms with Crippen LogP contribution in [0.5, 0.6) is 0 Å². The van der Waals surface area contributed by atoms with Crippen molar-refractivity contribution in [1.82, 2.24) is 0 Å². The fourth-order valence-corrected chi connectivity index (χ4v) is 2.37. The minimum Gasteiger partial charge on any atom is -0.393 e. The van der Waals surface area contributed by atoms with Crippen molar-refractivity contribution in [1.29, 1.82) is 0 Å². The van der Waals surface area contributed by atoms with E-state index < -0.39 is 0 Å². The van der Waals surface area contributed by atoms with Gasteiger partial charge in [-0.3, -0.25) is 0 Å². The van der Waals surface area contributed by atoms with E-state index in [0.717, 1.165) is 12.3 Å². The van der Waals surface area contributed by atoms with E-state index in [1.165, 1.54) is 24.8 Å². The molecule has 1 aromatic carbocycles. The number of hydrogen-bond acceptors (Lipinski definition) is 1. The number of aliphatic hydroxyl groups is 1. The van der Waals surface area contributed by atoms with E-state index in [2.05, 4.69) is 37.3 Å². The van der Waals surface area contributed by atoms with Gasteiger partial charge in [-0.2, -0.15) is 0 Å². The molecule has 0 aromatic heterocycles. The van der Waals surface area contributed by atoms with Gasteiger partial charge in [0.15, 0.2) is 0 Å². The molecule has 1 saturated carbocycles. The average Bonchev–Trinajstić information content (AvgIpc) is 3.06. The van der Waals surface area contributed by atoms with Gasteiger partial charge in [-0.15, -0.1) is 0 Å². The van der Waals surface area contributed by atoms with Gasteiger partial charge in [0, 0.05) is 0 Å². The van der Waals surface area contributed by atoms with Crippen molar-refractivity contribution in [2.24, 2.45) is 11.8 Å². The molecule has 0 saturated heterocycles. The summed E-state index contributed by atoms with van der Waals surface area (Å²) in [6, 6.07) is 10.6. The lowest BCUT2D eigenvalue weighted by Crippen LogP contribution is -2.08. The highest BCUT2D eigenvalue weighted by Gasteiger charge is 2.40. The van der Waals surface area contributed by atoms with Gasteiger partial charge < -0.3 is 5.11 Å². The van der Waals surface area contributed by atoms with Crippen molar-refractivity contribution in [3.8, 4) is 0 Å². The van der Waals surface area contributed by atoms with Crippen LogP contribution in [0.2, 0.25) is 0 Å². The molecule has 15 heavy (non-hydrogen) atoms. The summed E-state index contributed by atoms with van der Waals surface area (Å²) in [4.78, 5) is 0. The highest BCUT2D eigenvalue weighted by molar-refractivity contribution is 5.15. The van der Waals surface area contributed by atoms with E-state index >= 15 is 0 Å². The Labute approximate surface area is 92.1 Å². The van der Waals surface area contributed by atoms with Crippen LogP contribution in [0.15, 0.2) is 30.3 Å². The molecule has 1 fully saturated rings. The summed E-state index contributed by atoms with van der Waals surface area (Å²) < 4.78 is 0. The van der Waals surface area contributed by atoms with Crippen LogP contribution in [0.1, 0.15) is 31.7 Å². The Morgan fingerprint density at radius 2 is 2.07 bits per heavy atom. The molecule has 0 aliphatic heterocycles. The maximum atomic E-state index is 9.67. The van der Waals surface area contributed by atoms with Crippen molar-refractivity contribution in [2.45, 2.75) is 38.7 Å². The van der Waals surface area contributed by atoms with Crippen LogP contribution in [0, 0.1) is 11.8 Å². The van der Waals surface area contributed by atoms with Gasteiger partial charge in [-0.1, -0.05) is 37.3 Å². The Bertz CT molecular complexity index is 293. The van der Waals surface area contributed by atoms with E-state index in [4.69, 9.17) is 0 Å². The van der Waals surface area contributed by atoms with Crippen LogP contribution < -0.4 is 0 Å². The van der Waals surface area contributed by atoms with E-state index in [1.807, 2.05) is 0 Å². The second kappa shape index (κ2) is 4.80. The Morgan fingerprint density at radius 3 is 2.73 bits per heavy atom. The maximum Gasteiger partial charge on any atom is 0.0568 e. The van der Waals surface area contributed by atoms with Crippen LogP contribution in [0.25, 0.3) is 0 Å². The summed E-state index contributed by atoms with van der Waals surface area (Å²) in [6.45, 7) is 2.07. The normalized spacial score (nSPS) is 26.3. The van der Waals surface area contributed by atoms with Crippen molar-refractivity contribution >= 4 is 0 Å². The van der Waals surface area contributed by atoms with Crippen molar-refractivity contribution < 1.29 is 5.11 Å². The van der Waals surface area contributed by atoms with Crippen molar-refractivity contribution in [3.63, 3.8) is 0 Å². The second-order valence-corrected chi connectivity index (χ2v) is 4.66. The molecule has 2 rings (SSSR count). The van der Waals surface area contributed by atoms with E-state index in [9.17, 15) is 5.11 Å². The first kappa shape index (κ1) is 10.7. The largest absolute Gasteiger partial charge is 0.393 e. The standard InChI is InChI=1S/C14H20O/c1-2-14(15)13-10-12(13)9-8-11-6-4-3-5-7-11/h3-7,12-15H,2,8-10H2,1H3/t12?,13-,14+/m1/s1. The van der Waals surface area contributed by atoms with Crippen LogP contribution in [-0.4, -0.2) is 11.2 Å². The molecule has 3 atom stereocenters. The average molecular weight is 204 g/mol. The molecule has 0 amide bonds. The highest BCUT2D eigenvalue weighted by atomic mass is 16.3. The summed E-state index contributed by atoms with van der Waals surface area (Å²) in [7, 11) is 0. The molecular formula is C14H20O. The predicted molar refractivity (Wildman–Crippen MR) is 62.7 cm³/mol. The molecule has 1 aliphatic rings. The SMILES string of the molecule is CC[C@H](O)[C@@H]1CC1CCc1ccccc1. The third-order valence-electron chi connectivity index (χ3n) is 3.54. The van der Waals surface area contributed by atoms with Gasteiger partial charge in [-0.05, 0) is 43.1 Å². The van der Waals surface area contributed by atoms with Crippen LogP contribution in [0.4, 0.5) is 0 Å². The smallest absolute Gasteiger partial charge is 0.0568 e. The fraction of sp³-hybridized carbons (Fsp3) is 0.571. The molecule has 82 valence electrons. The predicted octanol–water partition coefficient (Wildman–Crippen LogP) is 3.03. The molecule has 1 aromatic rings. The number of benzene rings is 1. The van der Waals surface area contributed by atoms with Crippen LogP contribution in [0.3, 0.4) is 0 Å². The monoisotopic (exact) mass is 204 g/mol. The minimum absolute atomic E-state index is 0.0502. The third-order valence-corrected chi connectivity index (χ3v) is 3.54. The third kappa shape index (κ3) is 2.82. The van der Waals surface area contributed by atoms with Gasteiger partial charge in [0.2, 0.25) is 0 Å². The lowest BCUT2D eigenvalue weighted by atomic mass is 10.0. The molecule has 0 radical (unpaired) electrons. The quantitative estimate of drug-likeness (QED) is 0.781. The van der Waals surface area contributed by atoms with Gasteiger partial charge in [0.25, 0.3) is 0 Å². The summed E-state index contributed by atoms with van der Waals surface area (Å²) in [5, 5.41) is 9.67. The summed E-state index contributed by atoms with van der Waals surface area (Å²) >= 11 is 0. The first-order chi connectivity index (χ1) is 7.31. The second-order valence-electron chi connectivity index (χ2n) is 4.66. The zero-order chi connectivity index (χ0) is 10.7. The summed E-state index contributed by atoms with van der Waals surface area (Å²) in [5.74, 6) is 1.37. The number of aliphatic hydroxyl groups excluding tert-OH is 1. The molecule has 0 spiro atoms. The molecule has 0 bridgehead atoms. The van der Waals surface area contributed by atoms with Crippen molar-refractivity contribution in [3.05, 3.63) is 35.9 Å². The van der Waals surface area contributed by atoms with E-state index in [1.54, 1.807) is 0 Å². The van der Waals surface area contributed by atoms with Gasteiger partial charge >= 0.3 is 0 Å². The zero-order valence-electron chi connectivity index (χ0n) is 9.39. The van der Waals surface area contributed by atoms with Crippen LogP contribution in [-0.2, 0) is 6.42 Å². The van der Waals surface area contributed by atoms with Gasteiger partial charge in [0.1, 0.15) is 0 Å². The first-order valence-electron chi connectivity index (χ1n) is 6.03. The Kier molecular flexibility index (Phi) is 3.42. The maximum absolute atomic E-state index is 9.67.